The Balaban J connectivity index is 1.72. The second-order valence-electron chi connectivity index (χ2n) is 7.23. The molecule has 1 aromatic heterocycles. The van der Waals surface area contributed by atoms with Crippen LogP contribution in [0.5, 0.6) is 5.75 Å². The highest BCUT2D eigenvalue weighted by Gasteiger charge is 2.25. The summed E-state index contributed by atoms with van der Waals surface area (Å²) in [6, 6.07) is 13.1. The number of halogens is 1. The molecule has 0 spiro atoms. The van der Waals surface area contributed by atoms with Crippen molar-refractivity contribution in [1.82, 2.24) is 4.98 Å². The molecule has 156 valence electrons. The molecule has 1 N–H and O–H groups in total. The molecule has 0 amide bonds. The van der Waals surface area contributed by atoms with E-state index < -0.39 is 16.4 Å². The van der Waals surface area contributed by atoms with Gasteiger partial charge in [-0.3, -0.25) is 15.1 Å². The number of fused-ring (bicyclic) bond motifs is 1. The number of hydrogen-bond donors (Lipinski definition) is 1. The van der Waals surface area contributed by atoms with Crippen LogP contribution < -0.4 is 0 Å². The molecule has 0 aliphatic rings. The maximum absolute atomic E-state index is 11.3. The van der Waals surface area contributed by atoms with Gasteiger partial charge in [-0.25, -0.2) is 4.98 Å². The summed E-state index contributed by atoms with van der Waals surface area (Å²) in [6.07, 6.45) is 1.37. The Hall–Kier alpha value is -3.71. The van der Waals surface area contributed by atoms with Crippen LogP contribution in [0.4, 0.5) is 11.4 Å². The van der Waals surface area contributed by atoms with Crippen molar-refractivity contribution in [3.63, 3.8) is 0 Å². The number of nitro benzene ring substituents is 1. The van der Waals surface area contributed by atoms with Crippen LogP contribution in [-0.4, -0.2) is 21.2 Å². The van der Waals surface area contributed by atoms with Crippen LogP contribution in [0.2, 0.25) is 5.02 Å². The number of aromatic hydroxyl groups is 1. The molecule has 0 radical (unpaired) electrons. The van der Waals surface area contributed by atoms with Gasteiger partial charge < -0.3 is 9.52 Å². The van der Waals surface area contributed by atoms with E-state index in [2.05, 4.69) is 9.98 Å². The van der Waals surface area contributed by atoms with Gasteiger partial charge in [0, 0.05) is 22.9 Å². The standard InChI is InChI=1S/C23H18ClN3O4/c1-12-4-6-15(7-5-12)23-26-18-10-16(8-9-19(18)31-23)25-11-17-13(2)20(24)14(3)21(22(17)28)27(29)30/h4-11,28H,1-3H3. The van der Waals surface area contributed by atoms with Gasteiger partial charge >= 0.3 is 5.69 Å². The molecule has 0 atom stereocenters. The molecule has 31 heavy (non-hydrogen) atoms. The van der Waals surface area contributed by atoms with Gasteiger partial charge in [0.15, 0.2) is 5.58 Å². The fourth-order valence-corrected chi connectivity index (χ4v) is 3.51. The molecule has 0 fully saturated rings. The minimum absolute atomic E-state index is 0.197. The first-order valence-corrected chi connectivity index (χ1v) is 9.81. The molecule has 0 saturated carbocycles. The normalized spacial score (nSPS) is 11.5. The number of aryl methyl sites for hydroxylation is 1. The molecule has 1 heterocycles. The number of benzene rings is 3. The summed E-state index contributed by atoms with van der Waals surface area (Å²) in [5.41, 5.74) is 4.30. The molecule has 7 nitrogen and oxygen atoms in total. The number of aliphatic imine (C=N–C) groups is 1. The zero-order chi connectivity index (χ0) is 22.3. The first-order chi connectivity index (χ1) is 14.8. The van der Waals surface area contributed by atoms with Crippen molar-refractivity contribution in [3.05, 3.63) is 79.9 Å². The molecule has 0 aliphatic carbocycles. The molecular formula is C23H18ClN3O4. The largest absolute Gasteiger partial charge is 0.502 e. The summed E-state index contributed by atoms with van der Waals surface area (Å²) < 4.78 is 5.83. The average molecular weight is 436 g/mol. The lowest BCUT2D eigenvalue weighted by Crippen LogP contribution is -1.99. The van der Waals surface area contributed by atoms with Crippen LogP contribution in [0.1, 0.15) is 22.3 Å². The van der Waals surface area contributed by atoms with Crippen molar-refractivity contribution in [3.8, 4) is 17.2 Å². The number of hydrogen-bond acceptors (Lipinski definition) is 6. The number of aromatic nitrogens is 1. The third kappa shape index (κ3) is 3.75. The van der Waals surface area contributed by atoms with E-state index >= 15 is 0 Å². The van der Waals surface area contributed by atoms with E-state index in [-0.39, 0.29) is 16.1 Å². The summed E-state index contributed by atoms with van der Waals surface area (Å²) in [6.45, 7) is 5.18. The highest BCUT2D eigenvalue weighted by atomic mass is 35.5. The SMILES string of the molecule is Cc1ccc(-c2nc3cc(N=Cc4c(C)c(Cl)c(C)c([N+](=O)[O-])c4O)ccc3o2)cc1. The summed E-state index contributed by atoms with van der Waals surface area (Å²) in [4.78, 5) is 19.6. The Bertz CT molecular complexity index is 1360. The zero-order valence-corrected chi connectivity index (χ0v) is 17.8. The number of phenols is 1. The average Bonchev–Trinajstić information content (AvgIpc) is 3.16. The van der Waals surface area contributed by atoms with Gasteiger partial charge in [0.05, 0.1) is 15.6 Å². The molecule has 0 saturated heterocycles. The molecule has 0 aliphatic heterocycles. The number of nitrogens with zero attached hydrogens (tertiary/aromatic N) is 3. The van der Waals surface area contributed by atoms with Crippen molar-refractivity contribution in [2.75, 3.05) is 0 Å². The van der Waals surface area contributed by atoms with Crippen LogP contribution in [0.25, 0.3) is 22.6 Å². The first kappa shape index (κ1) is 20.6. The second kappa shape index (κ2) is 7.85. The minimum Gasteiger partial charge on any atom is -0.502 e. The molecule has 8 heteroatoms. The number of phenolic OH excluding ortho intramolecular Hbond substituents is 1. The summed E-state index contributed by atoms with van der Waals surface area (Å²) in [5, 5.41) is 22.0. The summed E-state index contributed by atoms with van der Waals surface area (Å²) in [5.74, 6) is 0.0443. The van der Waals surface area contributed by atoms with E-state index in [0.717, 1.165) is 11.1 Å². The third-order valence-corrected chi connectivity index (χ3v) is 5.66. The van der Waals surface area contributed by atoms with Gasteiger partial charge in [-0.05, 0) is 56.7 Å². The van der Waals surface area contributed by atoms with E-state index in [0.29, 0.717) is 28.2 Å². The highest BCUT2D eigenvalue weighted by molar-refractivity contribution is 6.33. The van der Waals surface area contributed by atoms with E-state index in [1.807, 2.05) is 31.2 Å². The first-order valence-electron chi connectivity index (χ1n) is 9.44. The predicted molar refractivity (Wildman–Crippen MR) is 121 cm³/mol. The lowest BCUT2D eigenvalue weighted by molar-refractivity contribution is -0.386. The van der Waals surface area contributed by atoms with Crippen LogP contribution in [0.15, 0.2) is 51.9 Å². The Morgan fingerprint density at radius 1 is 1.13 bits per heavy atom. The Morgan fingerprint density at radius 2 is 1.84 bits per heavy atom. The molecule has 3 aromatic carbocycles. The third-order valence-electron chi connectivity index (χ3n) is 5.09. The lowest BCUT2D eigenvalue weighted by Gasteiger charge is -2.10. The second-order valence-corrected chi connectivity index (χ2v) is 7.61. The van der Waals surface area contributed by atoms with Crippen LogP contribution in [-0.2, 0) is 0 Å². The monoisotopic (exact) mass is 435 g/mol. The predicted octanol–water partition coefficient (Wildman–Crippen LogP) is 6.44. The Labute approximate surface area is 182 Å². The fourth-order valence-electron chi connectivity index (χ4n) is 3.32. The Kier molecular flexibility index (Phi) is 5.20. The quantitative estimate of drug-likeness (QED) is 0.226. The van der Waals surface area contributed by atoms with Crippen LogP contribution >= 0.6 is 11.6 Å². The van der Waals surface area contributed by atoms with Gasteiger partial charge in [-0.1, -0.05) is 29.3 Å². The van der Waals surface area contributed by atoms with Gasteiger partial charge in [-0.2, -0.15) is 0 Å². The van der Waals surface area contributed by atoms with Crippen molar-refractivity contribution >= 4 is 40.3 Å². The molecular weight excluding hydrogens is 418 g/mol. The van der Waals surface area contributed by atoms with Gasteiger partial charge in [0.1, 0.15) is 5.52 Å². The van der Waals surface area contributed by atoms with E-state index in [9.17, 15) is 15.2 Å². The number of oxazole rings is 1. The van der Waals surface area contributed by atoms with E-state index in [1.54, 1.807) is 25.1 Å². The summed E-state index contributed by atoms with van der Waals surface area (Å²) in [7, 11) is 0. The Morgan fingerprint density at radius 3 is 2.52 bits per heavy atom. The maximum Gasteiger partial charge on any atom is 0.315 e. The van der Waals surface area contributed by atoms with Crippen LogP contribution in [0, 0.1) is 30.9 Å². The van der Waals surface area contributed by atoms with E-state index in [1.165, 1.54) is 13.1 Å². The number of nitro groups is 1. The topological polar surface area (TPSA) is 102 Å². The number of rotatable bonds is 4. The van der Waals surface area contributed by atoms with Crippen molar-refractivity contribution < 1.29 is 14.4 Å². The van der Waals surface area contributed by atoms with Gasteiger partial charge in [-0.15, -0.1) is 0 Å². The van der Waals surface area contributed by atoms with Crippen molar-refractivity contribution in [2.24, 2.45) is 4.99 Å². The zero-order valence-electron chi connectivity index (χ0n) is 17.0. The van der Waals surface area contributed by atoms with Crippen molar-refractivity contribution in [1.29, 1.82) is 0 Å². The van der Waals surface area contributed by atoms with E-state index in [4.69, 9.17) is 16.0 Å². The molecule has 4 aromatic rings. The summed E-state index contributed by atoms with van der Waals surface area (Å²) >= 11 is 6.23. The molecule has 4 rings (SSSR count). The lowest BCUT2D eigenvalue weighted by atomic mass is 10.0. The minimum atomic E-state index is -0.651. The van der Waals surface area contributed by atoms with Gasteiger partial charge in [0.25, 0.3) is 0 Å². The van der Waals surface area contributed by atoms with Gasteiger partial charge in [0.2, 0.25) is 11.6 Å². The fraction of sp³-hybridized carbons (Fsp3) is 0.130. The van der Waals surface area contributed by atoms with Crippen LogP contribution in [0.3, 0.4) is 0 Å². The smallest absolute Gasteiger partial charge is 0.315 e. The van der Waals surface area contributed by atoms with Crippen molar-refractivity contribution in [2.45, 2.75) is 20.8 Å². The molecule has 0 unspecified atom stereocenters. The molecule has 0 bridgehead atoms. The highest BCUT2D eigenvalue weighted by Crippen LogP contribution is 2.40. The maximum atomic E-state index is 11.3.